The number of anilines is 1. The second kappa shape index (κ2) is 8.26. The molecule has 0 spiro atoms. The monoisotopic (exact) mass is 395 g/mol. The van der Waals surface area contributed by atoms with Crippen LogP contribution in [0.5, 0.6) is 0 Å². The molecule has 0 amide bonds. The number of hydrogen-bond donors (Lipinski definition) is 1. The summed E-state index contributed by atoms with van der Waals surface area (Å²) >= 11 is 5.62. The van der Waals surface area contributed by atoms with Gasteiger partial charge in [-0.15, -0.1) is 0 Å². The number of ketones is 1. The van der Waals surface area contributed by atoms with E-state index in [-0.39, 0.29) is 5.78 Å². The molecule has 0 atom stereocenters. The van der Waals surface area contributed by atoms with Crippen LogP contribution in [0.1, 0.15) is 39.7 Å². The number of carbonyl (C=O) groups is 1. The third kappa shape index (κ3) is 3.87. The Balaban J connectivity index is 1.71. The maximum Gasteiger partial charge on any atom is 0.159 e. The highest BCUT2D eigenvalue weighted by Crippen LogP contribution is 2.19. The number of hydrogen-bond acceptors (Lipinski definition) is 4. The third-order valence-electron chi connectivity index (χ3n) is 5.95. The van der Waals surface area contributed by atoms with Crippen molar-refractivity contribution in [1.29, 1.82) is 5.26 Å². The van der Waals surface area contributed by atoms with Crippen LogP contribution in [0.15, 0.2) is 24.3 Å². The molecule has 1 aromatic heterocycles. The summed E-state index contributed by atoms with van der Waals surface area (Å²) in [6, 6.07) is 10.1. The molecule has 0 saturated carbocycles. The standard InChI is InChI=1S/C22H26N4OS/c1-15-16(2)21(13-23)22(28)26(17(15)3)14-24-9-11-25(12-10-24)20-7-5-19(6-8-20)18(4)27/h5-8H,9-12,14H2,1-4H3/p+1. The third-order valence-corrected chi connectivity index (χ3v) is 6.37. The van der Waals surface area contributed by atoms with E-state index in [0.29, 0.717) is 10.2 Å². The van der Waals surface area contributed by atoms with Crippen LogP contribution >= 0.6 is 12.2 Å². The number of carbonyl (C=O) groups excluding carboxylic acids is 1. The van der Waals surface area contributed by atoms with E-state index in [4.69, 9.17) is 12.2 Å². The van der Waals surface area contributed by atoms with Gasteiger partial charge in [-0.3, -0.25) is 9.36 Å². The first-order valence-electron chi connectivity index (χ1n) is 9.63. The molecule has 0 aliphatic carbocycles. The number of nitrogens with one attached hydrogen (secondary N) is 1. The topological polar surface area (TPSA) is 53.5 Å². The van der Waals surface area contributed by atoms with E-state index >= 15 is 0 Å². The van der Waals surface area contributed by atoms with Gasteiger partial charge < -0.3 is 9.80 Å². The van der Waals surface area contributed by atoms with Gasteiger partial charge in [-0.25, -0.2) is 0 Å². The Kier molecular flexibility index (Phi) is 5.97. The molecule has 28 heavy (non-hydrogen) atoms. The van der Waals surface area contributed by atoms with Crippen molar-refractivity contribution in [3.8, 4) is 6.07 Å². The normalized spacial score (nSPS) is 14.8. The molecule has 3 rings (SSSR count). The van der Waals surface area contributed by atoms with Crippen molar-refractivity contribution < 1.29 is 9.69 Å². The van der Waals surface area contributed by atoms with Crippen molar-refractivity contribution in [1.82, 2.24) is 4.57 Å². The average molecular weight is 396 g/mol. The van der Waals surface area contributed by atoms with Gasteiger partial charge in [0, 0.05) is 16.9 Å². The van der Waals surface area contributed by atoms with Gasteiger partial charge in [0.15, 0.2) is 12.5 Å². The summed E-state index contributed by atoms with van der Waals surface area (Å²) in [7, 11) is 0. The summed E-state index contributed by atoms with van der Waals surface area (Å²) in [5, 5.41) is 9.49. The first kappa shape index (κ1) is 20.2. The second-order valence-electron chi connectivity index (χ2n) is 7.55. The fourth-order valence-electron chi connectivity index (χ4n) is 3.80. The molecule has 2 aromatic rings. The van der Waals surface area contributed by atoms with E-state index in [2.05, 4.69) is 29.4 Å². The zero-order chi connectivity index (χ0) is 20.4. The lowest BCUT2D eigenvalue weighted by molar-refractivity contribution is -0.923. The van der Waals surface area contributed by atoms with Gasteiger partial charge in [-0.05, 0) is 63.1 Å². The highest BCUT2D eigenvalue weighted by atomic mass is 32.1. The number of pyridine rings is 1. The molecule has 0 bridgehead atoms. The molecule has 0 radical (unpaired) electrons. The lowest BCUT2D eigenvalue weighted by Crippen LogP contribution is -3.14. The van der Waals surface area contributed by atoms with Gasteiger partial charge in [-0.2, -0.15) is 5.26 Å². The lowest BCUT2D eigenvalue weighted by Gasteiger charge is -2.34. The summed E-state index contributed by atoms with van der Waals surface area (Å²) in [5.41, 5.74) is 5.83. The van der Waals surface area contributed by atoms with Gasteiger partial charge in [-0.1, -0.05) is 12.2 Å². The Bertz CT molecular complexity index is 993. The molecule has 2 heterocycles. The van der Waals surface area contributed by atoms with Gasteiger partial charge in [0.2, 0.25) is 0 Å². The van der Waals surface area contributed by atoms with E-state index in [1.807, 2.05) is 31.2 Å². The maximum atomic E-state index is 11.4. The molecule has 0 unspecified atom stereocenters. The van der Waals surface area contributed by atoms with Crippen molar-refractivity contribution in [3.63, 3.8) is 0 Å². The number of piperazine rings is 1. The molecule has 1 aromatic carbocycles. The van der Waals surface area contributed by atoms with Crippen molar-refractivity contribution in [2.24, 2.45) is 0 Å². The molecule has 1 aliphatic heterocycles. The molecule has 1 saturated heterocycles. The largest absolute Gasteiger partial charge is 0.360 e. The van der Waals surface area contributed by atoms with E-state index in [0.717, 1.165) is 60.9 Å². The molecule has 1 aliphatic rings. The highest BCUT2D eigenvalue weighted by Gasteiger charge is 2.22. The van der Waals surface area contributed by atoms with E-state index in [1.54, 1.807) is 6.92 Å². The van der Waals surface area contributed by atoms with Crippen molar-refractivity contribution in [3.05, 3.63) is 56.9 Å². The van der Waals surface area contributed by atoms with Gasteiger partial charge in [0.05, 0.1) is 31.7 Å². The summed E-state index contributed by atoms with van der Waals surface area (Å²) < 4.78 is 2.78. The minimum absolute atomic E-state index is 0.0954. The number of rotatable bonds is 4. The van der Waals surface area contributed by atoms with Crippen LogP contribution in [0.2, 0.25) is 0 Å². The number of aromatic nitrogens is 1. The number of nitriles is 1. The Labute approximate surface area is 171 Å². The van der Waals surface area contributed by atoms with Gasteiger partial charge >= 0.3 is 0 Å². The van der Waals surface area contributed by atoms with Crippen LogP contribution in [0.3, 0.4) is 0 Å². The zero-order valence-electron chi connectivity index (χ0n) is 17.0. The smallest absolute Gasteiger partial charge is 0.159 e. The Morgan fingerprint density at radius 1 is 1.14 bits per heavy atom. The fourth-order valence-corrected chi connectivity index (χ4v) is 4.20. The average Bonchev–Trinajstić information content (AvgIpc) is 2.70. The number of Topliss-reactive ketones (excluding diaryl/α,β-unsaturated/α-hetero) is 1. The minimum atomic E-state index is 0.0954. The van der Waals surface area contributed by atoms with Crippen LogP contribution in [-0.4, -0.2) is 36.5 Å². The number of nitrogens with zero attached hydrogens (tertiary/aromatic N) is 3. The SMILES string of the molecule is CC(=O)c1ccc(N2CC[NH+](Cn3c(C)c(C)c(C)c(C#N)c3=S)CC2)cc1. The fraction of sp³-hybridized carbons (Fsp3) is 0.409. The lowest BCUT2D eigenvalue weighted by atomic mass is 10.0. The molecule has 1 fully saturated rings. The second-order valence-corrected chi connectivity index (χ2v) is 7.94. The molecule has 146 valence electrons. The molecule has 5 nitrogen and oxygen atoms in total. The first-order chi connectivity index (χ1) is 13.3. The highest BCUT2D eigenvalue weighted by molar-refractivity contribution is 7.71. The van der Waals surface area contributed by atoms with Gasteiger partial charge in [0.25, 0.3) is 0 Å². The Morgan fingerprint density at radius 3 is 2.29 bits per heavy atom. The first-order valence-corrected chi connectivity index (χ1v) is 10.0. The minimum Gasteiger partial charge on any atom is -0.360 e. The van der Waals surface area contributed by atoms with E-state index in [1.165, 1.54) is 4.90 Å². The van der Waals surface area contributed by atoms with Crippen molar-refractivity contribution >= 4 is 23.7 Å². The Hall–Kier alpha value is -2.49. The maximum absolute atomic E-state index is 11.4. The van der Waals surface area contributed by atoms with Crippen LogP contribution in [0, 0.1) is 36.7 Å². The summed E-state index contributed by atoms with van der Waals surface area (Å²) in [5.74, 6) is 0.0954. The summed E-state index contributed by atoms with van der Waals surface area (Å²) in [6.07, 6.45) is 0. The van der Waals surface area contributed by atoms with Crippen LogP contribution in [0.25, 0.3) is 0 Å². The molecule has 6 heteroatoms. The van der Waals surface area contributed by atoms with E-state index in [9.17, 15) is 10.1 Å². The van der Waals surface area contributed by atoms with Crippen LogP contribution in [0.4, 0.5) is 5.69 Å². The molecule has 1 N–H and O–H groups in total. The van der Waals surface area contributed by atoms with Crippen LogP contribution in [-0.2, 0) is 6.67 Å². The summed E-state index contributed by atoms with van der Waals surface area (Å²) in [6.45, 7) is 12.4. The summed E-state index contributed by atoms with van der Waals surface area (Å²) in [4.78, 5) is 15.3. The van der Waals surface area contributed by atoms with Crippen molar-refractivity contribution in [2.45, 2.75) is 34.4 Å². The Morgan fingerprint density at radius 2 is 1.75 bits per heavy atom. The quantitative estimate of drug-likeness (QED) is 0.639. The number of quaternary nitrogens is 1. The van der Waals surface area contributed by atoms with Crippen LogP contribution < -0.4 is 9.80 Å². The number of benzene rings is 1. The predicted octanol–water partition coefficient (Wildman–Crippen LogP) is 2.58. The molecular weight excluding hydrogens is 368 g/mol. The van der Waals surface area contributed by atoms with Crippen molar-refractivity contribution in [2.75, 3.05) is 31.1 Å². The zero-order valence-corrected chi connectivity index (χ0v) is 17.8. The van der Waals surface area contributed by atoms with E-state index < -0.39 is 0 Å². The molecular formula is C22H27N4OS+. The van der Waals surface area contributed by atoms with Gasteiger partial charge in [0.1, 0.15) is 10.7 Å². The predicted molar refractivity (Wildman–Crippen MR) is 114 cm³/mol.